The minimum Gasteiger partial charge on any atom is -0.467 e. The van der Waals surface area contributed by atoms with Crippen LogP contribution in [0.5, 0.6) is 0 Å². The molecule has 6 nitrogen and oxygen atoms in total. The molecule has 0 saturated carbocycles. The van der Waals surface area contributed by atoms with E-state index in [-0.39, 0.29) is 5.91 Å². The molecule has 1 amide bonds. The first-order valence-electron chi connectivity index (χ1n) is 11.7. The second-order valence-corrected chi connectivity index (χ2v) is 9.33. The monoisotopic (exact) mass is 494 g/mol. The molecule has 0 saturated heterocycles. The molecule has 5 rings (SSSR count). The van der Waals surface area contributed by atoms with E-state index in [0.717, 1.165) is 27.8 Å². The van der Waals surface area contributed by atoms with E-state index < -0.39 is 0 Å². The maximum atomic E-state index is 12.9. The van der Waals surface area contributed by atoms with Gasteiger partial charge in [-0.3, -0.25) is 9.36 Å². The van der Waals surface area contributed by atoms with Crippen molar-refractivity contribution < 1.29 is 9.21 Å². The van der Waals surface area contributed by atoms with Crippen molar-refractivity contribution in [3.05, 3.63) is 131 Å². The van der Waals surface area contributed by atoms with Crippen molar-refractivity contribution in [1.82, 2.24) is 20.1 Å². The smallest absolute Gasteiger partial charge is 0.251 e. The van der Waals surface area contributed by atoms with Gasteiger partial charge in [0.1, 0.15) is 11.6 Å². The number of nitrogens with zero attached hydrogens (tertiary/aromatic N) is 3. The fourth-order valence-corrected chi connectivity index (χ4v) is 5.00. The summed E-state index contributed by atoms with van der Waals surface area (Å²) in [6.07, 6.45) is 2.28. The first-order chi connectivity index (χ1) is 17.7. The van der Waals surface area contributed by atoms with Crippen LogP contribution in [0.25, 0.3) is 5.69 Å². The number of hydrogen-bond acceptors (Lipinski definition) is 5. The standard InChI is InChI=1S/C29H26N4O2S/c1-21-10-5-8-16-26(21)33-27(18-22-11-3-2-4-12-22)31-32-29(33)36-20-23-13-6-7-15-25(23)28(34)30-19-24-14-9-17-35-24/h2-17H,18-20H2,1H3,(H,30,34). The Labute approximate surface area is 214 Å². The summed E-state index contributed by atoms with van der Waals surface area (Å²) < 4.78 is 7.46. The van der Waals surface area contributed by atoms with Gasteiger partial charge < -0.3 is 9.73 Å². The molecule has 1 N–H and O–H groups in total. The number of nitrogens with one attached hydrogen (secondary N) is 1. The van der Waals surface area contributed by atoms with E-state index in [1.807, 2.05) is 66.7 Å². The molecule has 0 bridgehead atoms. The second kappa shape index (κ2) is 11.1. The summed E-state index contributed by atoms with van der Waals surface area (Å²) in [5, 5.41) is 12.8. The van der Waals surface area contributed by atoms with E-state index in [1.54, 1.807) is 18.0 Å². The minimum absolute atomic E-state index is 0.132. The predicted octanol–water partition coefficient (Wildman–Crippen LogP) is 5.98. The molecule has 0 radical (unpaired) electrons. The molecule has 0 spiro atoms. The van der Waals surface area contributed by atoms with Crippen molar-refractivity contribution in [2.45, 2.75) is 30.8 Å². The second-order valence-electron chi connectivity index (χ2n) is 8.39. The minimum atomic E-state index is -0.132. The van der Waals surface area contributed by atoms with Gasteiger partial charge in [0.05, 0.1) is 18.5 Å². The highest BCUT2D eigenvalue weighted by Crippen LogP contribution is 2.28. The molecule has 3 aromatic carbocycles. The van der Waals surface area contributed by atoms with Crippen molar-refractivity contribution in [2.75, 3.05) is 0 Å². The van der Waals surface area contributed by atoms with Crippen LogP contribution >= 0.6 is 11.8 Å². The van der Waals surface area contributed by atoms with Crippen LogP contribution in [-0.2, 0) is 18.7 Å². The fourth-order valence-electron chi connectivity index (χ4n) is 4.03. The van der Waals surface area contributed by atoms with Gasteiger partial charge in [-0.2, -0.15) is 0 Å². The molecule has 7 heteroatoms. The summed E-state index contributed by atoms with van der Waals surface area (Å²) in [6, 6.07) is 29.8. The summed E-state index contributed by atoms with van der Waals surface area (Å²) in [5.41, 5.74) is 4.95. The molecule has 5 aromatic rings. The Morgan fingerprint density at radius 3 is 2.50 bits per heavy atom. The molecule has 36 heavy (non-hydrogen) atoms. The summed E-state index contributed by atoms with van der Waals surface area (Å²) in [5.74, 6) is 2.04. The Kier molecular flexibility index (Phi) is 7.28. The van der Waals surface area contributed by atoms with Crippen LogP contribution in [0, 0.1) is 6.92 Å². The number of hydrogen-bond donors (Lipinski definition) is 1. The third kappa shape index (κ3) is 5.42. The molecule has 0 aliphatic heterocycles. The normalized spacial score (nSPS) is 10.9. The zero-order valence-corrected chi connectivity index (χ0v) is 20.7. The van der Waals surface area contributed by atoms with Gasteiger partial charge in [-0.25, -0.2) is 0 Å². The molecule has 0 fully saturated rings. The Bertz CT molecular complexity index is 1450. The lowest BCUT2D eigenvalue weighted by Crippen LogP contribution is -2.23. The average Bonchev–Trinajstić information content (AvgIpc) is 3.57. The number of aryl methyl sites for hydroxylation is 1. The summed E-state index contributed by atoms with van der Waals surface area (Å²) >= 11 is 1.57. The number of carbonyl (C=O) groups excluding carboxylic acids is 1. The van der Waals surface area contributed by atoms with Crippen molar-refractivity contribution in [3.8, 4) is 5.69 Å². The third-order valence-electron chi connectivity index (χ3n) is 5.88. The summed E-state index contributed by atoms with van der Waals surface area (Å²) in [6.45, 7) is 2.44. The molecule has 2 heterocycles. The van der Waals surface area contributed by atoms with Crippen LogP contribution in [0.1, 0.15) is 38.6 Å². The van der Waals surface area contributed by atoms with Crippen molar-refractivity contribution in [1.29, 1.82) is 0 Å². The molecule has 0 atom stereocenters. The highest BCUT2D eigenvalue weighted by Gasteiger charge is 2.18. The summed E-state index contributed by atoms with van der Waals surface area (Å²) in [4.78, 5) is 12.9. The van der Waals surface area contributed by atoms with Crippen LogP contribution in [0.3, 0.4) is 0 Å². The zero-order valence-electron chi connectivity index (χ0n) is 19.9. The maximum absolute atomic E-state index is 12.9. The number of aromatic nitrogens is 3. The van der Waals surface area contributed by atoms with E-state index in [1.165, 1.54) is 5.56 Å². The largest absolute Gasteiger partial charge is 0.467 e. The highest BCUT2D eigenvalue weighted by molar-refractivity contribution is 7.98. The number of thioether (sulfide) groups is 1. The van der Waals surface area contributed by atoms with Gasteiger partial charge in [0.2, 0.25) is 0 Å². The van der Waals surface area contributed by atoms with Crippen LogP contribution in [0.4, 0.5) is 0 Å². The van der Waals surface area contributed by atoms with Crippen molar-refractivity contribution in [3.63, 3.8) is 0 Å². The van der Waals surface area contributed by atoms with Gasteiger partial charge in [0, 0.05) is 17.7 Å². The lowest BCUT2D eigenvalue weighted by atomic mass is 10.1. The van der Waals surface area contributed by atoms with Gasteiger partial charge in [-0.05, 0) is 47.9 Å². The van der Waals surface area contributed by atoms with E-state index >= 15 is 0 Å². The quantitative estimate of drug-likeness (QED) is 0.255. The molecule has 2 aromatic heterocycles. The lowest BCUT2D eigenvalue weighted by molar-refractivity contribution is 0.0947. The Hall–Kier alpha value is -4.10. The topological polar surface area (TPSA) is 73.0 Å². The van der Waals surface area contributed by atoms with Gasteiger partial charge >= 0.3 is 0 Å². The number of furan rings is 1. The lowest BCUT2D eigenvalue weighted by Gasteiger charge is -2.14. The molecule has 180 valence electrons. The molecular weight excluding hydrogens is 468 g/mol. The van der Waals surface area contributed by atoms with Gasteiger partial charge in [-0.1, -0.05) is 78.5 Å². The van der Waals surface area contributed by atoms with Crippen LogP contribution in [-0.4, -0.2) is 20.7 Å². The average molecular weight is 495 g/mol. The SMILES string of the molecule is Cc1ccccc1-n1c(Cc2ccccc2)nnc1SCc1ccccc1C(=O)NCc1ccco1. The number of benzene rings is 3. The third-order valence-corrected chi connectivity index (χ3v) is 6.86. The van der Waals surface area contributed by atoms with Crippen molar-refractivity contribution in [2.24, 2.45) is 0 Å². The van der Waals surface area contributed by atoms with E-state index in [4.69, 9.17) is 4.42 Å². The predicted molar refractivity (Wildman–Crippen MR) is 141 cm³/mol. The first kappa shape index (κ1) is 23.6. The van der Waals surface area contributed by atoms with E-state index in [2.05, 4.69) is 51.3 Å². The molecule has 0 unspecified atom stereocenters. The number of amides is 1. The first-order valence-corrected chi connectivity index (χ1v) is 12.7. The van der Waals surface area contributed by atoms with E-state index in [9.17, 15) is 4.79 Å². The zero-order chi connectivity index (χ0) is 24.7. The Morgan fingerprint density at radius 2 is 1.69 bits per heavy atom. The van der Waals surface area contributed by atoms with E-state index in [0.29, 0.717) is 30.0 Å². The highest BCUT2D eigenvalue weighted by atomic mass is 32.2. The van der Waals surface area contributed by atoms with Gasteiger partial charge in [-0.15, -0.1) is 10.2 Å². The number of carbonyl (C=O) groups is 1. The molecular formula is C29H26N4O2S. The summed E-state index contributed by atoms with van der Waals surface area (Å²) in [7, 11) is 0. The molecule has 0 aliphatic carbocycles. The Morgan fingerprint density at radius 1 is 0.917 bits per heavy atom. The Balaban J connectivity index is 1.39. The van der Waals surface area contributed by atoms with Gasteiger partial charge in [0.15, 0.2) is 5.16 Å². The number of para-hydroxylation sites is 1. The fraction of sp³-hybridized carbons (Fsp3) is 0.138. The van der Waals surface area contributed by atoms with Crippen LogP contribution in [0.15, 0.2) is 107 Å². The van der Waals surface area contributed by atoms with Crippen molar-refractivity contribution >= 4 is 17.7 Å². The van der Waals surface area contributed by atoms with Gasteiger partial charge in [0.25, 0.3) is 5.91 Å². The molecule has 0 aliphatic rings. The maximum Gasteiger partial charge on any atom is 0.251 e. The van der Waals surface area contributed by atoms with Crippen LogP contribution in [0.2, 0.25) is 0 Å². The van der Waals surface area contributed by atoms with Crippen LogP contribution < -0.4 is 5.32 Å². The number of rotatable bonds is 9.